The monoisotopic (exact) mass is 242 g/mol. The second-order valence-electron chi connectivity index (χ2n) is 6.40. The van der Waals surface area contributed by atoms with Gasteiger partial charge in [0.15, 0.2) is 0 Å². The van der Waals surface area contributed by atoms with Gasteiger partial charge in [-0.15, -0.1) is 0 Å². The van der Waals surface area contributed by atoms with E-state index < -0.39 is 0 Å². The summed E-state index contributed by atoms with van der Waals surface area (Å²) in [5.74, 6) is 6.58. The van der Waals surface area contributed by atoms with Gasteiger partial charge in [-0.2, -0.15) is 0 Å². The van der Waals surface area contributed by atoms with Crippen molar-refractivity contribution in [3.63, 3.8) is 0 Å². The lowest BCUT2D eigenvalue weighted by Crippen LogP contribution is -2.51. The Bertz CT molecular complexity index is 207. The first-order chi connectivity index (χ1) is 7.99. The molecule has 102 valence electrons. The molecule has 0 amide bonds. The van der Waals surface area contributed by atoms with Crippen molar-refractivity contribution >= 4 is 0 Å². The molecule has 0 aliphatic heterocycles. The summed E-state index contributed by atoms with van der Waals surface area (Å²) in [6, 6.07) is 0.276. The highest BCUT2D eigenvalue weighted by Gasteiger charge is 2.34. The molecule has 1 saturated carbocycles. The van der Waals surface area contributed by atoms with Crippen LogP contribution < -0.4 is 11.3 Å². The van der Waals surface area contributed by atoms with E-state index in [0.717, 1.165) is 18.9 Å². The van der Waals surface area contributed by atoms with Gasteiger partial charge in [0.25, 0.3) is 0 Å². The van der Waals surface area contributed by atoms with Gasteiger partial charge >= 0.3 is 0 Å². The highest BCUT2D eigenvalue weighted by Crippen LogP contribution is 2.33. The van der Waals surface area contributed by atoms with E-state index in [-0.39, 0.29) is 17.6 Å². The number of nitrogens with one attached hydrogen (secondary N) is 1. The van der Waals surface area contributed by atoms with Crippen LogP contribution in [-0.2, 0) is 4.74 Å². The number of ether oxygens (including phenoxy) is 1. The molecular formula is C14H30N2O. The van der Waals surface area contributed by atoms with E-state index in [2.05, 4.69) is 33.1 Å². The van der Waals surface area contributed by atoms with Crippen LogP contribution in [0.15, 0.2) is 0 Å². The molecule has 17 heavy (non-hydrogen) atoms. The molecule has 1 aliphatic carbocycles. The van der Waals surface area contributed by atoms with Gasteiger partial charge in [0, 0.05) is 12.6 Å². The summed E-state index contributed by atoms with van der Waals surface area (Å²) >= 11 is 0. The fourth-order valence-electron chi connectivity index (χ4n) is 3.03. The van der Waals surface area contributed by atoms with Crippen LogP contribution in [0.2, 0.25) is 0 Å². The van der Waals surface area contributed by atoms with Gasteiger partial charge in [-0.3, -0.25) is 11.3 Å². The molecule has 0 radical (unpaired) electrons. The molecule has 0 saturated heterocycles. The third kappa shape index (κ3) is 4.57. The molecule has 0 aromatic carbocycles. The first-order valence-corrected chi connectivity index (χ1v) is 7.06. The van der Waals surface area contributed by atoms with Crippen LogP contribution in [0, 0.1) is 11.3 Å². The van der Waals surface area contributed by atoms with Crippen LogP contribution >= 0.6 is 0 Å². The van der Waals surface area contributed by atoms with Crippen molar-refractivity contribution in [2.75, 3.05) is 6.61 Å². The zero-order valence-corrected chi connectivity index (χ0v) is 12.0. The van der Waals surface area contributed by atoms with E-state index in [0.29, 0.717) is 0 Å². The first kappa shape index (κ1) is 14.9. The molecule has 1 fully saturated rings. The quantitative estimate of drug-likeness (QED) is 0.556. The topological polar surface area (TPSA) is 47.3 Å². The number of nitrogens with two attached hydrogens (primary N) is 1. The number of hydrogen-bond donors (Lipinski definition) is 2. The number of hydrazine groups is 1. The van der Waals surface area contributed by atoms with E-state index in [9.17, 15) is 0 Å². The molecule has 1 rings (SSSR count). The Labute approximate surface area is 106 Å². The smallest absolute Gasteiger partial charge is 0.0789 e. The summed E-state index contributed by atoms with van der Waals surface area (Å²) in [4.78, 5) is 0. The Morgan fingerprint density at radius 3 is 2.29 bits per heavy atom. The summed E-state index contributed by atoms with van der Waals surface area (Å²) in [6.07, 6.45) is 6.84. The SMILES string of the molecule is CCOC(C(CC1CCCC1)NN)C(C)(C)C. The number of hydrogen-bond acceptors (Lipinski definition) is 3. The van der Waals surface area contributed by atoms with Crippen LogP contribution in [0.5, 0.6) is 0 Å². The van der Waals surface area contributed by atoms with Crippen molar-refractivity contribution < 1.29 is 4.74 Å². The second kappa shape index (κ2) is 6.72. The second-order valence-corrected chi connectivity index (χ2v) is 6.40. The van der Waals surface area contributed by atoms with Crippen LogP contribution in [0.1, 0.15) is 59.8 Å². The maximum atomic E-state index is 5.93. The fourth-order valence-corrected chi connectivity index (χ4v) is 3.03. The molecule has 0 aromatic heterocycles. The molecule has 0 spiro atoms. The lowest BCUT2D eigenvalue weighted by molar-refractivity contribution is -0.0404. The molecule has 3 N–H and O–H groups in total. The van der Waals surface area contributed by atoms with Crippen molar-refractivity contribution in [2.24, 2.45) is 17.2 Å². The van der Waals surface area contributed by atoms with Gasteiger partial charge in [-0.25, -0.2) is 0 Å². The minimum atomic E-state index is 0.131. The molecule has 0 bridgehead atoms. The minimum Gasteiger partial charge on any atom is -0.376 e. The maximum absolute atomic E-state index is 5.93. The molecule has 3 heteroatoms. The maximum Gasteiger partial charge on any atom is 0.0789 e. The Kier molecular flexibility index (Phi) is 5.90. The first-order valence-electron chi connectivity index (χ1n) is 7.06. The van der Waals surface area contributed by atoms with Crippen molar-refractivity contribution in [3.05, 3.63) is 0 Å². The van der Waals surface area contributed by atoms with Crippen molar-refractivity contribution in [1.29, 1.82) is 0 Å². The van der Waals surface area contributed by atoms with Crippen LogP contribution in [0.3, 0.4) is 0 Å². The Hall–Kier alpha value is -0.120. The highest BCUT2D eigenvalue weighted by molar-refractivity contribution is 4.87. The third-order valence-corrected chi connectivity index (χ3v) is 3.84. The molecule has 3 nitrogen and oxygen atoms in total. The molecule has 1 aliphatic rings. The zero-order chi connectivity index (χ0) is 12.9. The molecule has 2 atom stereocenters. The van der Waals surface area contributed by atoms with Crippen molar-refractivity contribution in [1.82, 2.24) is 5.43 Å². The Balaban J connectivity index is 2.60. The number of rotatable bonds is 6. The van der Waals surface area contributed by atoms with Crippen molar-refractivity contribution in [2.45, 2.75) is 71.9 Å². The van der Waals surface area contributed by atoms with E-state index in [1.807, 2.05) is 0 Å². The Morgan fingerprint density at radius 1 is 1.29 bits per heavy atom. The summed E-state index contributed by atoms with van der Waals surface area (Å²) in [5.41, 5.74) is 3.13. The third-order valence-electron chi connectivity index (χ3n) is 3.84. The van der Waals surface area contributed by atoms with Gasteiger partial charge in [0.1, 0.15) is 0 Å². The predicted octanol–water partition coefficient (Wildman–Crippen LogP) is 2.85. The zero-order valence-electron chi connectivity index (χ0n) is 12.0. The average molecular weight is 242 g/mol. The summed E-state index contributed by atoms with van der Waals surface area (Å²) in [5, 5.41) is 0. The Morgan fingerprint density at radius 2 is 1.88 bits per heavy atom. The van der Waals surface area contributed by atoms with Crippen LogP contribution in [0.25, 0.3) is 0 Å². The lowest BCUT2D eigenvalue weighted by Gasteiger charge is -2.37. The van der Waals surface area contributed by atoms with Gasteiger partial charge < -0.3 is 4.74 Å². The van der Waals surface area contributed by atoms with E-state index in [4.69, 9.17) is 10.6 Å². The van der Waals surface area contributed by atoms with E-state index >= 15 is 0 Å². The molecule has 0 aromatic rings. The molecule has 2 unspecified atom stereocenters. The normalized spacial score (nSPS) is 21.7. The lowest BCUT2D eigenvalue weighted by atomic mass is 9.81. The summed E-state index contributed by atoms with van der Waals surface area (Å²) < 4.78 is 5.93. The van der Waals surface area contributed by atoms with Gasteiger partial charge in [-0.1, -0.05) is 46.5 Å². The molecular weight excluding hydrogens is 212 g/mol. The van der Waals surface area contributed by atoms with Crippen molar-refractivity contribution in [3.8, 4) is 0 Å². The predicted molar refractivity (Wildman–Crippen MR) is 72.6 cm³/mol. The largest absolute Gasteiger partial charge is 0.376 e. The van der Waals surface area contributed by atoms with Gasteiger partial charge in [0.05, 0.1) is 6.10 Å². The summed E-state index contributed by atoms with van der Waals surface area (Å²) in [7, 11) is 0. The van der Waals surface area contributed by atoms with Crippen LogP contribution in [0.4, 0.5) is 0 Å². The highest BCUT2D eigenvalue weighted by atomic mass is 16.5. The minimum absolute atomic E-state index is 0.131. The fraction of sp³-hybridized carbons (Fsp3) is 1.00. The average Bonchev–Trinajstić information content (AvgIpc) is 2.74. The van der Waals surface area contributed by atoms with Gasteiger partial charge in [-0.05, 0) is 24.7 Å². The van der Waals surface area contributed by atoms with Gasteiger partial charge in [0.2, 0.25) is 0 Å². The standard InChI is InChI=1S/C14H30N2O/c1-5-17-13(14(2,3)4)12(16-15)10-11-8-6-7-9-11/h11-13,16H,5-10,15H2,1-4H3. The van der Waals surface area contributed by atoms with E-state index in [1.54, 1.807) is 0 Å². The van der Waals surface area contributed by atoms with E-state index in [1.165, 1.54) is 25.7 Å². The summed E-state index contributed by atoms with van der Waals surface area (Å²) in [6.45, 7) is 9.50. The van der Waals surface area contributed by atoms with Crippen LogP contribution in [-0.4, -0.2) is 18.8 Å². The molecule has 0 heterocycles.